The van der Waals surface area contributed by atoms with Gasteiger partial charge in [-0.1, -0.05) is 0 Å². The summed E-state index contributed by atoms with van der Waals surface area (Å²) >= 11 is 1.08. The Hall–Kier alpha value is -1.36. The molecule has 1 rings (SSSR count). The van der Waals surface area contributed by atoms with Gasteiger partial charge < -0.3 is 9.84 Å². The lowest BCUT2D eigenvalue weighted by molar-refractivity contribution is 0.0523. The van der Waals surface area contributed by atoms with Gasteiger partial charge in [0.2, 0.25) is 0 Å². The van der Waals surface area contributed by atoms with Gasteiger partial charge in [0.05, 0.1) is 6.61 Å². The molecule has 4 nitrogen and oxygen atoms in total. The number of aromatic hydroxyl groups is 1. The van der Waals surface area contributed by atoms with Crippen molar-refractivity contribution in [3.8, 4) is 5.75 Å². The maximum Gasteiger partial charge on any atom is 0.343 e. The van der Waals surface area contributed by atoms with E-state index in [9.17, 15) is 14.7 Å². The first-order valence-corrected chi connectivity index (χ1v) is 4.88. The van der Waals surface area contributed by atoms with Crippen molar-refractivity contribution in [2.75, 3.05) is 6.61 Å². The molecule has 0 fully saturated rings. The quantitative estimate of drug-likeness (QED) is 0.615. The topological polar surface area (TPSA) is 63.6 Å². The van der Waals surface area contributed by atoms with E-state index in [2.05, 4.69) is 0 Å². The molecule has 1 N–H and O–H groups in total. The van der Waals surface area contributed by atoms with Gasteiger partial charge >= 0.3 is 5.97 Å². The van der Waals surface area contributed by atoms with Crippen molar-refractivity contribution in [2.24, 2.45) is 0 Å². The summed E-state index contributed by atoms with van der Waals surface area (Å²) in [5.41, 5.74) is 0.0963. The molecule has 76 valence electrons. The molecule has 0 amide bonds. The van der Waals surface area contributed by atoms with Crippen molar-refractivity contribution in [1.29, 1.82) is 0 Å². The van der Waals surface area contributed by atoms with Gasteiger partial charge in [-0.3, -0.25) is 4.79 Å². The van der Waals surface area contributed by atoms with Crippen LogP contribution in [0.2, 0.25) is 0 Å². The number of rotatable bonds is 3. The molecule has 0 bridgehead atoms. The molecule has 0 spiro atoms. The predicted octanol–water partition coefficient (Wildman–Crippen LogP) is 1.75. The van der Waals surface area contributed by atoms with Crippen LogP contribution in [0.15, 0.2) is 0 Å². The van der Waals surface area contributed by atoms with Gasteiger partial charge in [-0.2, -0.15) is 0 Å². The van der Waals surface area contributed by atoms with Crippen molar-refractivity contribution >= 4 is 23.6 Å². The maximum atomic E-state index is 11.3. The Bertz CT molecular complexity index is 367. The minimum Gasteiger partial charge on any atom is -0.505 e. The number of hydrogen-bond acceptors (Lipinski definition) is 5. The second kappa shape index (κ2) is 4.23. The fourth-order valence-electron chi connectivity index (χ4n) is 1.08. The SMILES string of the molecule is CCOC(=O)c1c(C)sc(C=O)c1O. The third-order valence-corrected chi connectivity index (χ3v) is 2.69. The van der Waals surface area contributed by atoms with Crippen molar-refractivity contribution in [1.82, 2.24) is 0 Å². The van der Waals surface area contributed by atoms with Gasteiger partial charge in [-0.25, -0.2) is 4.79 Å². The number of aryl methyl sites for hydroxylation is 1. The van der Waals surface area contributed by atoms with E-state index in [1.165, 1.54) is 0 Å². The number of ether oxygens (including phenoxy) is 1. The van der Waals surface area contributed by atoms with Crippen LogP contribution in [-0.2, 0) is 4.74 Å². The van der Waals surface area contributed by atoms with E-state index in [1.807, 2.05) is 0 Å². The minimum absolute atomic E-state index is 0.0963. The fraction of sp³-hybridized carbons (Fsp3) is 0.333. The second-order valence-corrected chi connectivity index (χ2v) is 3.84. The van der Waals surface area contributed by atoms with E-state index in [0.29, 0.717) is 11.2 Å². The van der Waals surface area contributed by atoms with Crippen molar-refractivity contribution in [2.45, 2.75) is 13.8 Å². The zero-order valence-electron chi connectivity index (χ0n) is 7.86. The smallest absolute Gasteiger partial charge is 0.343 e. The molecule has 1 heterocycles. The number of thiophene rings is 1. The molecule has 5 heteroatoms. The lowest BCUT2D eigenvalue weighted by atomic mass is 10.2. The zero-order chi connectivity index (χ0) is 10.7. The number of aldehydes is 1. The highest BCUT2D eigenvalue weighted by Crippen LogP contribution is 2.33. The number of carbonyl (C=O) groups is 2. The van der Waals surface area contributed by atoms with Crippen LogP contribution < -0.4 is 0 Å². The molecule has 0 atom stereocenters. The molecule has 0 unspecified atom stereocenters. The number of esters is 1. The fourth-order valence-corrected chi connectivity index (χ4v) is 1.94. The minimum atomic E-state index is -0.591. The molecular formula is C9H10O4S. The number of carbonyl (C=O) groups excluding carboxylic acids is 2. The van der Waals surface area contributed by atoms with Crippen LogP contribution in [0, 0.1) is 6.92 Å². The van der Waals surface area contributed by atoms with E-state index in [1.54, 1.807) is 13.8 Å². The van der Waals surface area contributed by atoms with Crippen LogP contribution in [0.5, 0.6) is 5.75 Å². The van der Waals surface area contributed by atoms with E-state index < -0.39 is 5.97 Å². The molecular weight excluding hydrogens is 204 g/mol. The normalized spacial score (nSPS) is 9.86. The van der Waals surface area contributed by atoms with Crippen molar-refractivity contribution < 1.29 is 19.4 Å². The van der Waals surface area contributed by atoms with Gasteiger partial charge in [-0.15, -0.1) is 11.3 Å². The summed E-state index contributed by atoms with van der Waals surface area (Å²) in [5, 5.41) is 9.49. The maximum absolute atomic E-state index is 11.3. The number of hydrogen-bond donors (Lipinski definition) is 1. The van der Waals surface area contributed by atoms with Gasteiger partial charge in [0.1, 0.15) is 10.4 Å². The van der Waals surface area contributed by atoms with Gasteiger partial charge in [0.15, 0.2) is 12.0 Å². The van der Waals surface area contributed by atoms with E-state index in [0.717, 1.165) is 11.3 Å². The van der Waals surface area contributed by atoms with Gasteiger partial charge in [0.25, 0.3) is 0 Å². The summed E-state index contributed by atoms with van der Waals surface area (Å²) in [4.78, 5) is 22.5. The molecule has 0 aliphatic rings. The molecule has 0 saturated carbocycles. The zero-order valence-corrected chi connectivity index (χ0v) is 8.68. The van der Waals surface area contributed by atoms with Crippen LogP contribution in [0.4, 0.5) is 0 Å². The van der Waals surface area contributed by atoms with Crippen LogP contribution in [-0.4, -0.2) is 24.0 Å². The summed E-state index contributed by atoms with van der Waals surface area (Å²) in [7, 11) is 0. The third kappa shape index (κ3) is 1.77. The summed E-state index contributed by atoms with van der Waals surface area (Å²) in [6.45, 7) is 3.57. The van der Waals surface area contributed by atoms with Gasteiger partial charge in [0, 0.05) is 4.88 Å². The molecule has 0 aliphatic heterocycles. The average molecular weight is 214 g/mol. The van der Waals surface area contributed by atoms with Crippen LogP contribution in [0.3, 0.4) is 0 Å². The Balaban J connectivity index is 3.13. The summed E-state index contributed by atoms with van der Waals surface area (Å²) in [5.74, 6) is -0.868. The van der Waals surface area contributed by atoms with E-state index >= 15 is 0 Å². The highest BCUT2D eigenvalue weighted by molar-refractivity contribution is 7.14. The summed E-state index contributed by atoms with van der Waals surface area (Å²) < 4.78 is 4.74. The predicted molar refractivity (Wildman–Crippen MR) is 52.1 cm³/mol. The summed E-state index contributed by atoms with van der Waals surface area (Å²) in [6.07, 6.45) is 0.524. The first kappa shape index (κ1) is 10.7. The Morgan fingerprint density at radius 3 is 2.71 bits per heavy atom. The molecule has 1 aromatic heterocycles. The molecule has 14 heavy (non-hydrogen) atoms. The molecule has 0 saturated heterocycles. The van der Waals surface area contributed by atoms with Crippen LogP contribution in [0.1, 0.15) is 31.8 Å². The first-order valence-electron chi connectivity index (χ1n) is 4.06. The molecule has 1 aromatic rings. The monoisotopic (exact) mass is 214 g/mol. The highest BCUT2D eigenvalue weighted by atomic mass is 32.1. The van der Waals surface area contributed by atoms with Crippen LogP contribution in [0.25, 0.3) is 0 Å². The van der Waals surface area contributed by atoms with Crippen LogP contribution >= 0.6 is 11.3 Å². The standard InChI is InChI=1S/C9H10O4S/c1-3-13-9(12)7-5(2)14-6(4-10)8(7)11/h4,11H,3H2,1-2H3. The Kier molecular flexibility index (Phi) is 3.24. The second-order valence-electron chi connectivity index (χ2n) is 2.58. The van der Waals surface area contributed by atoms with E-state index in [-0.39, 0.29) is 22.8 Å². The largest absolute Gasteiger partial charge is 0.505 e. The third-order valence-electron chi connectivity index (χ3n) is 1.67. The van der Waals surface area contributed by atoms with Crippen molar-refractivity contribution in [3.63, 3.8) is 0 Å². The lowest BCUT2D eigenvalue weighted by Crippen LogP contribution is -2.04. The Morgan fingerprint density at radius 2 is 2.29 bits per heavy atom. The Labute approximate surface area is 85.1 Å². The molecule has 0 aliphatic carbocycles. The first-order chi connectivity index (χ1) is 6.61. The average Bonchev–Trinajstić information content (AvgIpc) is 2.41. The lowest BCUT2D eigenvalue weighted by Gasteiger charge is -2.00. The van der Waals surface area contributed by atoms with Crippen molar-refractivity contribution in [3.05, 3.63) is 15.3 Å². The van der Waals surface area contributed by atoms with Gasteiger partial charge in [-0.05, 0) is 13.8 Å². The highest BCUT2D eigenvalue weighted by Gasteiger charge is 2.21. The van der Waals surface area contributed by atoms with E-state index in [4.69, 9.17) is 4.74 Å². The molecule has 0 aromatic carbocycles. The Morgan fingerprint density at radius 1 is 1.64 bits per heavy atom. The summed E-state index contributed by atoms with van der Waals surface area (Å²) in [6, 6.07) is 0. The molecule has 0 radical (unpaired) electrons.